The number of hydrogen-bond acceptors (Lipinski definition) is 5. The first-order valence-electron chi connectivity index (χ1n) is 9.89. The van der Waals surface area contributed by atoms with E-state index in [0.717, 1.165) is 28.5 Å². The van der Waals surface area contributed by atoms with Crippen molar-refractivity contribution in [2.24, 2.45) is 5.73 Å². The predicted octanol–water partition coefficient (Wildman–Crippen LogP) is 5.18. The van der Waals surface area contributed by atoms with Gasteiger partial charge in [-0.25, -0.2) is 0 Å². The average molecular weight is 416 g/mol. The Morgan fingerprint density at radius 2 is 1.84 bits per heavy atom. The van der Waals surface area contributed by atoms with Crippen LogP contribution >= 0.6 is 0 Å². The summed E-state index contributed by atoms with van der Waals surface area (Å²) in [5, 5.41) is 16.7. The van der Waals surface area contributed by atoms with Gasteiger partial charge in [0.1, 0.15) is 30.8 Å². The largest absolute Gasteiger partial charge is 0.487 e. The summed E-state index contributed by atoms with van der Waals surface area (Å²) in [7, 11) is 0. The number of nitrogens with two attached hydrogens (primary N) is 1. The van der Waals surface area contributed by atoms with Crippen LogP contribution in [0, 0.1) is 23.7 Å². The minimum atomic E-state index is -0.336. The molecule has 0 amide bonds. The highest BCUT2D eigenvalue weighted by Gasteiger charge is 2.25. The van der Waals surface area contributed by atoms with Crippen molar-refractivity contribution in [2.45, 2.75) is 26.2 Å². The summed E-state index contributed by atoms with van der Waals surface area (Å²) in [4.78, 5) is 0. The Kier molecular flexibility index (Phi) is 7.81. The number of hydrogen-bond donors (Lipinski definition) is 2. The first-order valence-corrected chi connectivity index (χ1v) is 9.89. The van der Waals surface area contributed by atoms with E-state index in [1.54, 1.807) is 6.08 Å². The van der Waals surface area contributed by atoms with Gasteiger partial charge < -0.3 is 20.6 Å². The van der Waals surface area contributed by atoms with Gasteiger partial charge in [0.15, 0.2) is 0 Å². The second-order valence-electron chi connectivity index (χ2n) is 7.78. The molecule has 0 saturated carbocycles. The molecule has 0 radical (unpaired) electrons. The van der Waals surface area contributed by atoms with Crippen LogP contribution in [0.3, 0.4) is 0 Å². The number of rotatable bonds is 10. The van der Waals surface area contributed by atoms with Crippen LogP contribution < -0.4 is 15.2 Å². The quantitative estimate of drug-likeness (QED) is 0.413. The number of aryl methyl sites for hydroxylation is 1. The van der Waals surface area contributed by atoms with Crippen LogP contribution in [0.4, 0.5) is 0 Å². The van der Waals surface area contributed by atoms with Crippen LogP contribution in [0.5, 0.6) is 11.5 Å². The lowest BCUT2D eigenvalue weighted by Crippen LogP contribution is -2.19. The second kappa shape index (κ2) is 10.3. The lowest BCUT2D eigenvalue weighted by atomic mass is 9.77. The predicted molar refractivity (Wildman–Crippen MR) is 126 cm³/mol. The highest BCUT2D eigenvalue weighted by molar-refractivity contribution is 5.68. The molecular weight excluding hydrogens is 386 g/mol. The normalized spacial score (nSPS) is 11.4. The third kappa shape index (κ3) is 5.86. The molecule has 0 spiro atoms. The Labute approximate surface area is 184 Å². The molecule has 3 N–H and O–H groups in total. The molecular formula is C26H29N3O2. The fraction of sp³-hybridized carbons (Fsp3) is 0.231. The van der Waals surface area contributed by atoms with Crippen LogP contribution in [0.15, 0.2) is 73.0 Å². The topological polar surface area (TPSA) is 92.1 Å². The third-order valence-corrected chi connectivity index (χ3v) is 5.09. The molecule has 5 heteroatoms. The molecule has 0 atom stereocenters. The van der Waals surface area contributed by atoms with Crippen LogP contribution in [0.2, 0.25) is 0 Å². The van der Waals surface area contributed by atoms with Crippen molar-refractivity contribution in [1.82, 2.24) is 0 Å². The minimum absolute atomic E-state index is 0.225. The van der Waals surface area contributed by atoms with Crippen LogP contribution in [-0.2, 0) is 5.41 Å². The standard InChI is InChI=1S/C26H29N3O2/c1-6-18(2)16-31-25-19(3)13-22(14-20(25)15-28)26(4,5)21-7-9-24(10-8-21)30-17-23(29)11-12-27/h6-14,27H,1-2,16-17,29H2,3-5H3/b23-11-,27-12?. The molecule has 0 fully saturated rings. The lowest BCUT2D eigenvalue weighted by molar-refractivity contribution is 0.350. The minimum Gasteiger partial charge on any atom is -0.487 e. The number of nitrogens with zero attached hydrogens (tertiary/aromatic N) is 1. The van der Waals surface area contributed by atoms with Gasteiger partial charge in [0, 0.05) is 17.3 Å². The molecule has 0 unspecified atom stereocenters. The number of nitriles is 1. The molecule has 2 aromatic carbocycles. The van der Waals surface area contributed by atoms with E-state index >= 15 is 0 Å². The van der Waals surface area contributed by atoms with Crippen molar-refractivity contribution in [1.29, 1.82) is 10.7 Å². The molecule has 0 aliphatic carbocycles. The van der Waals surface area contributed by atoms with Gasteiger partial charge in [0.2, 0.25) is 0 Å². The summed E-state index contributed by atoms with van der Waals surface area (Å²) in [5.74, 6) is 1.27. The molecule has 31 heavy (non-hydrogen) atoms. The van der Waals surface area contributed by atoms with E-state index in [1.807, 2.05) is 37.3 Å². The van der Waals surface area contributed by atoms with E-state index in [4.69, 9.17) is 20.6 Å². The van der Waals surface area contributed by atoms with E-state index in [9.17, 15) is 5.26 Å². The SMILES string of the molecule is C=CC(=C)COc1c(C)cc(C(C)(C)c2ccc(OC/C(N)=C/C=N)cc2)cc1C#N. The van der Waals surface area contributed by atoms with Crippen molar-refractivity contribution in [2.75, 3.05) is 13.2 Å². The molecule has 0 bridgehead atoms. The van der Waals surface area contributed by atoms with Crippen molar-refractivity contribution < 1.29 is 9.47 Å². The van der Waals surface area contributed by atoms with Gasteiger partial charge in [-0.15, -0.1) is 0 Å². The van der Waals surface area contributed by atoms with Gasteiger partial charge in [-0.3, -0.25) is 0 Å². The zero-order chi connectivity index (χ0) is 23.0. The fourth-order valence-corrected chi connectivity index (χ4v) is 3.09. The maximum Gasteiger partial charge on any atom is 0.140 e. The first kappa shape index (κ1) is 23.5. The smallest absolute Gasteiger partial charge is 0.140 e. The Hall–Kier alpha value is -3.78. The molecule has 0 aliphatic rings. The van der Waals surface area contributed by atoms with Crippen molar-refractivity contribution in [3.63, 3.8) is 0 Å². The van der Waals surface area contributed by atoms with Gasteiger partial charge in [-0.05, 0) is 53.5 Å². The van der Waals surface area contributed by atoms with Gasteiger partial charge in [-0.1, -0.05) is 51.3 Å². The summed E-state index contributed by atoms with van der Waals surface area (Å²) < 4.78 is 11.5. The maximum absolute atomic E-state index is 9.69. The summed E-state index contributed by atoms with van der Waals surface area (Å²) in [6.45, 7) is 14.2. The lowest BCUT2D eigenvalue weighted by Gasteiger charge is -2.27. The van der Waals surface area contributed by atoms with Crippen LogP contribution in [-0.4, -0.2) is 19.4 Å². The highest BCUT2D eigenvalue weighted by Crippen LogP contribution is 2.36. The Bertz CT molecular complexity index is 1040. The molecule has 2 rings (SSSR count). The van der Waals surface area contributed by atoms with E-state index in [1.165, 1.54) is 6.08 Å². The average Bonchev–Trinajstić information content (AvgIpc) is 2.76. The zero-order valence-electron chi connectivity index (χ0n) is 18.4. The first-order chi connectivity index (χ1) is 14.7. The van der Waals surface area contributed by atoms with E-state index < -0.39 is 0 Å². The molecule has 0 aromatic heterocycles. The van der Waals surface area contributed by atoms with Gasteiger partial charge in [0.05, 0.1) is 5.56 Å². The monoisotopic (exact) mass is 415 g/mol. The van der Waals surface area contributed by atoms with E-state index in [-0.39, 0.29) is 12.0 Å². The van der Waals surface area contributed by atoms with Crippen molar-refractivity contribution in [3.05, 3.63) is 95.2 Å². The molecule has 0 aliphatic heterocycles. The number of benzene rings is 2. The summed E-state index contributed by atoms with van der Waals surface area (Å²) in [5.41, 5.74) is 10.1. The number of nitrogens with one attached hydrogen (secondary N) is 1. The fourth-order valence-electron chi connectivity index (χ4n) is 3.09. The van der Waals surface area contributed by atoms with Gasteiger partial charge in [-0.2, -0.15) is 5.26 Å². The van der Waals surface area contributed by atoms with Crippen LogP contribution in [0.1, 0.15) is 36.1 Å². The number of allylic oxidation sites excluding steroid dienone is 1. The van der Waals surface area contributed by atoms with Gasteiger partial charge >= 0.3 is 0 Å². The Balaban J connectivity index is 2.28. The molecule has 0 saturated heterocycles. The Morgan fingerprint density at radius 1 is 1.16 bits per heavy atom. The summed E-state index contributed by atoms with van der Waals surface area (Å²) >= 11 is 0. The second-order valence-corrected chi connectivity index (χ2v) is 7.78. The van der Waals surface area contributed by atoms with E-state index in [2.05, 4.69) is 39.1 Å². The molecule has 160 valence electrons. The van der Waals surface area contributed by atoms with Gasteiger partial charge in [0.25, 0.3) is 0 Å². The molecule has 5 nitrogen and oxygen atoms in total. The molecule has 0 heterocycles. The van der Waals surface area contributed by atoms with Crippen molar-refractivity contribution >= 4 is 6.21 Å². The zero-order valence-corrected chi connectivity index (χ0v) is 18.4. The third-order valence-electron chi connectivity index (χ3n) is 5.09. The summed E-state index contributed by atoms with van der Waals surface area (Å²) in [6, 6.07) is 14.0. The maximum atomic E-state index is 9.69. The molecule has 2 aromatic rings. The number of ether oxygens (including phenoxy) is 2. The summed E-state index contributed by atoms with van der Waals surface area (Å²) in [6.07, 6.45) is 4.27. The van der Waals surface area contributed by atoms with Crippen LogP contribution in [0.25, 0.3) is 0 Å². The highest BCUT2D eigenvalue weighted by atomic mass is 16.5. The van der Waals surface area contributed by atoms with E-state index in [0.29, 0.717) is 29.4 Å². The Morgan fingerprint density at radius 3 is 2.42 bits per heavy atom. The van der Waals surface area contributed by atoms with Crippen molar-refractivity contribution in [3.8, 4) is 17.6 Å².